The van der Waals surface area contributed by atoms with Gasteiger partial charge in [-0.05, 0) is 24.6 Å². The zero-order chi connectivity index (χ0) is 8.97. The maximum absolute atomic E-state index is 11.1. The van der Waals surface area contributed by atoms with Crippen molar-refractivity contribution in [1.82, 2.24) is 0 Å². The molecule has 1 heterocycles. The Kier molecular flexibility index (Phi) is 2.69. The Morgan fingerprint density at radius 1 is 1.75 bits per heavy atom. The number of allylic oxidation sites excluding steroid dienone is 2. The van der Waals surface area contributed by atoms with Crippen LogP contribution >= 0.6 is 0 Å². The quantitative estimate of drug-likeness (QED) is 0.686. The molecule has 1 aromatic rings. The predicted octanol–water partition coefficient (Wildman–Crippen LogP) is 1.25. The molecule has 3 heteroatoms. The number of nitrogens with two attached hydrogens (primary N) is 1. The molecule has 0 fully saturated rings. The Labute approximate surface area is 70.9 Å². The number of hydrogen-bond donors (Lipinski definition) is 1. The van der Waals surface area contributed by atoms with Gasteiger partial charge in [-0.3, -0.25) is 4.79 Å². The second-order valence-electron chi connectivity index (χ2n) is 2.66. The Morgan fingerprint density at radius 2 is 2.50 bits per heavy atom. The lowest BCUT2D eigenvalue weighted by Crippen LogP contribution is -2.01. The van der Waals surface area contributed by atoms with Crippen LogP contribution in [0.5, 0.6) is 0 Å². The predicted molar refractivity (Wildman–Crippen MR) is 45.4 cm³/mol. The first kappa shape index (κ1) is 8.59. The third kappa shape index (κ3) is 2.62. The summed E-state index contributed by atoms with van der Waals surface area (Å²) in [5, 5.41) is 0. The average Bonchev–Trinajstić information content (AvgIpc) is 2.37. The minimum Gasteiger partial charge on any atom is -0.472 e. The summed E-state index contributed by atoms with van der Waals surface area (Å²) in [7, 11) is 0. The summed E-state index contributed by atoms with van der Waals surface area (Å²) in [6.07, 6.45) is 4.87. The summed E-state index contributed by atoms with van der Waals surface area (Å²) in [6.45, 7) is 1.69. The largest absolute Gasteiger partial charge is 0.472 e. The number of ketones is 1. The van der Waals surface area contributed by atoms with E-state index in [9.17, 15) is 4.79 Å². The number of furan rings is 1. The zero-order valence-corrected chi connectivity index (χ0v) is 6.91. The molecule has 0 saturated carbocycles. The molecule has 1 rings (SSSR count). The van der Waals surface area contributed by atoms with E-state index in [-0.39, 0.29) is 5.78 Å². The minimum atomic E-state index is -0.00333. The molecule has 0 saturated heterocycles. The first-order valence-corrected chi connectivity index (χ1v) is 3.66. The fourth-order valence-corrected chi connectivity index (χ4v) is 0.899. The topological polar surface area (TPSA) is 56.2 Å². The number of rotatable bonds is 3. The van der Waals surface area contributed by atoms with Gasteiger partial charge in [-0.2, -0.15) is 0 Å². The van der Waals surface area contributed by atoms with E-state index in [0.29, 0.717) is 12.1 Å². The van der Waals surface area contributed by atoms with E-state index < -0.39 is 0 Å². The standard InChI is InChI=1S/C9H11NO2/c1-7(10)4-9(11)5-8-2-3-12-6-8/h2-4,6H,5,10H2,1H3/b7-4-. The van der Waals surface area contributed by atoms with Gasteiger partial charge in [0.25, 0.3) is 0 Å². The molecule has 0 atom stereocenters. The van der Waals surface area contributed by atoms with Gasteiger partial charge in [-0.25, -0.2) is 0 Å². The van der Waals surface area contributed by atoms with Crippen molar-refractivity contribution in [3.63, 3.8) is 0 Å². The summed E-state index contributed by atoms with van der Waals surface area (Å²) >= 11 is 0. The molecule has 0 aliphatic carbocycles. The lowest BCUT2D eigenvalue weighted by Gasteiger charge is -1.91. The SMILES string of the molecule is C/C(N)=C/C(=O)Cc1ccoc1. The van der Waals surface area contributed by atoms with Gasteiger partial charge in [-0.15, -0.1) is 0 Å². The second kappa shape index (κ2) is 3.76. The van der Waals surface area contributed by atoms with Crippen LogP contribution in [0.4, 0.5) is 0 Å². The van der Waals surface area contributed by atoms with Gasteiger partial charge in [-0.1, -0.05) is 0 Å². The van der Waals surface area contributed by atoms with Crippen molar-refractivity contribution < 1.29 is 9.21 Å². The van der Waals surface area contributed by atoms with Crippen LogP contribution in [0.2, 0.25) is 0 Å². The highest BCUT2D eigenvalue weighted by Crippen LogP contribution is 2.02. The van der Waals surface area contributed by atoms with Crippen LogP contribution in [0.1, 0.15) is 12.5 Å². The molecule has 0 aliphatic rings. The second-order valence-corrected chi connectivity index (χ2v) is 2.66. The molecule has 0 aliphatic heterocycles. The van der Waals surface area contributed by atoms with Gasteiger partial charge in [0.1, 0.15) is 0 Å². The Hall–Kier alpha value is -1.51. The Balaban J connectivity index is 2.54. The van der Waals surface area contributed by atoms with Crippen molar-refractivity contribution in [1.29, 1.82) is 0 Å². The molecule has 0 spiro atoms. The molecule has 12 heavy (non-hydrogen) atoms. The van der Waals surface area contributed by atoms with Crippen molar-refractivity contribution in [3.05, 3.63) is 35.9 Å². The Morgan fingerprint density at radius 3 is 3.00 bits per heavy atom. The first-order chi connectivity index (χ1) is 5.68. The fourth-order valence-electron chi connectivity index (χ4n) is 0.899. The summed E-state index contributed by atoms with van der Waals surface area (Å²) < 4.78 is 4.82. The zero-order valence-electron chi connectivity index (χ0n) is 6.91. The third-order valence-electron chi connectivity index (χ3n) is 1.35. The van der Waals surface area contributed by atoms with Gasteiger partial charge < -0.3 is 10.2 Å². The number of carbonyl (C=O) groups excluding carboxylic acids is 1. The van der Waals surface area contributed by atoms with Crippen LogP contribution in [0.3, 0.4) is 0 Å². The molecule has 0 unspecified atom stereocenters. The normalized spacial score (nSPS) is 11.6. The van der Waals surface area contributed by atoms with Crippen LogP contribution in [0, 0.1) is 0 Å². The monoisotopic (exact) mass is 165 g/mol. The van der Waals surface area contributed by atoms with Crippen LogP contribution in [-0.2, 0) is 11.2 Å². The summed E-state index contributed by atoms with van der Waals surface area (Å²) in [6, 6.07) is 1.76. The van der Waals surface area contributed by atoms with Gasteiger partial charge in [0, 0.05) is 12.1 Å². The highest BCUT2D eigenvalue weighted by molar-refractivity contribution is 5.91. The van der Waals surface area contributed by atoms with Gasteiger partial charge >= 0.3 is 0 Å². The van der Waals surface area contributed by atoms with Gasteiger partial charge in [0.15, 0.2) is 5.78 Å². The highest BCUT2D eigenvalue weighted by atomic mass is 16.3. The summed E-state index contributed by atoms with van der Waals surface area (Å²) in [5.41, 5.74) is 6.74. The number of carbonyl (C=O) groups is 1. The highest BCUT2D eigenvalue weighted by Gasteiger charge is 2.00. The van der Waals surface area contributed by atoms with E-state index in [2.05, 4.69) is 0 Å². The van der Waals surface area contributed by atoms with E-state index in [0.717, 1.165) is 5.56 Å². The molecule has 1 aromatic heterocycles. The van der Waals surface area contributed by atoms with Gasteiger partial charge in [0.2, 0.25) is 0 Å². The lowest BCUT2D eigenvalue weighted by atomic mass is 10.1. The van der Waals surface area contributed by atoms with Crippen LogP contribution in [0.15, 0.2) is 34.8 Å². The van der Waals surface area contributed by atoms with Crippen molar-refractivity contribution in [3.8, 4) is 0 Å². The van der Waals surface area contributed by atoms with E-state index in [1.165, 1.54) is 6.08 Å². The van der Waals surface area contributed by atoms with Crippen LogP contribution < -0.4 is 5.73 Å². The minimum absolute atomic E-state index is 0.00333. The molecule has 2 N–H and O–H groups in total. The van der Waals surface area contributed by atoms with E-state index in [4.69, 9.17) is 10.2 Å². The number of hydrogen-bond acceptors (Lipinski definition) is 3. The molecule has 3 nitrogen and oxygen atoms in total. The van der Waals surface area contributed by atoms with Crippen molar-refractivity contribution >= 4 is 5.78 Å². The summed E-state index contributed by atoms with van der Waals surface area (Å²) in [5.74, 6) is -0.00333. The molecular formula is C9H11NO2. The van der Waals surface area contributed by atoms with Crippen LogP contribution in [-0.4, -0.2) is 5.78 Å². The molecule has 64 valence electrons. The molecule has 0 amide bonds. The lowest BCUT2D eigenvalue weighted by molar-refractivity contribution is -0.114. The van der Waals surface area contributed by atoms with Gasteiger partial charge in [0.05, 0.1) is 12.5 Å². The molecule has 0 aromatic carbocycles. The fraction of sp³-hybridized carbons (Fsp3) is 0.222. The first-order valence-electron chi connectivity index (χ1n) is 3.66. The molecule has 0 bridgehead atoms. The maximum atomic E-state index is 11.1. The van der Waals surface area contributed by atoms with Crippen molar-refractivity contribution in [2.45, 2.75) is 13.3 Å². The van der Waals surface area contributed by atoms with Crippen LogP contribution in [0.25, 0.3) is 0 Å². The van der Waals surface area contributed by atoms with Crippen molar-refractivity contribution in [2.24, 2.45) is 5.73 Å². The van der Waals surface area contributed by atoms with E-state index >= 15 is 0 Å². The third-order valence-corrected chi connectivity index (χ3v) is 1.35. The van der Waals surface area contributed by atoms with E-state index in [1.54, 1.807) is 25.5 Å². The van der Waals surface area contributed by atoms with E-state index in [1.807, 2.05) is 0 Å². The smallest absolute Gasteiger partial charge is 0.161 e. The average molecular weight is 165 g/mol. The molecular weight excluding hydrogens is 154 g/mol. The molecule has 0 radical (unpaired) electrons. The Bertz CT molecular complexity index is 281. The van der Waals surface area contributed by atoms with Crippen molar-refractivity contribution in [2.75, 3.05) is 0 Å². The summed E-state index contributed by atoms with van der Waals surface area (Å²) in [4.78, 5) is 11.1. The maximum Gasteiger partial charge on any atom is 0.161 e.